The smallest absolute Gasteiger partial charge is 0.127 e. The highest BCUT2D eigenvalue weighted by Crippen LogP contribution is 2.35. The molecule has 1 aromatic carbocycles. The van der Waals surface area contributed by atoms with Crippen LogP contribution in [0.4, 0.5) is 0 Å². The minimum atomic E-state index is 0.265. The van der Waals surface area contributed by atoms with E-state index in [4.69, 9.17) is 9.47 Å². The summed E-state index contributed by atoms with van der Waals surface area (Å²) in [5.41, 5.74) is 2.34. The summed E-state index contributed by atoms with van der Waals surface area (Å²) in [4.78, 5) is 0. The Hall–Kier alpha value is -1.48. The first kappa shape index (κ1) is 15.9. The van der Waals surface area contributed by atoms with Crippen LogP contribution < -0.4 is 14.8 Å². The molecule has 0 aliphatic carbocycles. The molecule has 0 amide bonds. The molecule has 0 bridgehead atoms. The van der Waals surface area contributed by atoms with Gasteiger partial charge in [-0.15, -0.1) is 0 Å². The molecule has 1 heterocycles. The molecule has 1 aliphatic rings. The molecular formula is C18H27NO2. The summed E-state index contributed by atoms with van der Waals surface area (Å²) in [5, 5.41) is 3.41. The second kappa shape index (κ2) is 7.51. The van der Waals surface area contributed by atoms with Gasteiger partial charge in [0.25, 0.3) is 0 Å². The van der Waals surface area contributed by atoms with E-state index in [9.17, 15) is 0 Å². The van der Waals surface area contributed by atoms with Gasteiger partial charge in [-0.1, -0.05) is 26.0 Å². The fourth-order valence-corrected chi connectivity index (χ4v) is 2.51. The van der Waals surface area contributed by atoms with Crippen LogP contribution in [0.3, 0.4) is 0 Å². The van der Waals surface area contributed by atoms with Gasteiger partial charge in [0.2, 0.25) is 0 Å². The second-order valence-electron chi connectivity index (χ2n) is 6.02. The number of hydrogen-bond acceptors (Lipinski definition) is 3. The lowest BCUT2D eigenvalue weighted by Gasteiger charge is -2.10. The average Bonchev–Trinajstić information content (AvgIpc) is 2.77. The average molecular weight is 289 g/mol. The molecule has 1 aromatic rings. The molecular weight excluding hydrogens is 262 g/mol. The van der Waals surface area contributed by atoms with Gasteiger partial charge in [0, 0.05) is 24.1 Å². The summed E-state index contributed by atoms with van der Waals surface area (Å²) >= 11 is 0. The molecule has 0 saturated heterocycles. The molecule has 3 heteroatoms. The van der Waals surface area contributed by atoms with Gasteiger partial charge < -0.3 is 14.8 Å². The lowest BCUT2D eigenvalue weighted by molar-refractivity contribution is 0.254. The number of rotatable bonds is 7. The van der Waals surface area contributed by atoms with Gasteiger partial charge in [-0.2, -0.15) is 0 Å². The van der Waals surface area contributed by atoms with Crippen LogP contribution in [0.15, 0.2) is 18.2 Å². The number of fused-ring (bicyclic) bond motifs is 1. The van der Waals surface area contributed by atoms with Crippen molar-refractivity contribution in [2.45, 2.75) is 40.2 Å². The van der Waals surface area contributed by atoms with Gasteiger partial charge in [-0.25, -0.2) is 0 Å². The minimum absolute atomic E-state index is 0.265. The molecule has 0 fully saturated rings. The Labute approximate surface area is 128 Å². The maximum Gasteiger partial charge on any atom is 0.127 e. The SMILES string of the molecule is CCOc1cc2c(cc1C=CCNCC(C)C)OC(C)C2. The summed E-state index contributed by atoms with van der Waals surface area (Å²) < 4.78 is 11.6. The first-order valence-electron chi connectivity index (χ1n) is 7.93. The Bertz CT molecular complexity index is 494. The molecule has 0 aromatic heterocycles. The van der Waals surface area contributed by atoms with Crippen LogP contribution in [0.25, 0.3) is 6.08 Å². The first-order valence-corrected chi connectivity index (χ1v) is 7.93. The molecule has 116 valence electrons. The zero-order valence-electron chi connectivity index (χ0n) is 13.6. The second-order valence-corrected chi connectivity index (χ2v) is 6.02. The van der Waals surface area contributed by atoms with Gasteiger partial charge in [-0.05, 0) is 38.4 Å². The van der Waals surface area contributed by atoms with Crippen molar-refractivity contribution in [2.75, 3.05) is 19.7 Å². The molecule has 0 spiro atoms. The van der Waals surface area contributed by atoms with Crippen molar-refractivity contribution in [3.05, 3.63) is 29.3 Å². The van der Waals surface area contributed by atoms with Crippen LogP contribution in [-0.4, -0.2) is 25.8 Å². The molecule has 21 heavy (non-hydrogen) atoms. The van der Waals surface area contributed by atoms with Gasteiger partial charge in [0.05, 0.1) is 6.61 Å². The number of hydrogen-bond donors (Lipinski definition) is 1. The van der Waals surface area contributed by atoms with Crippen molar-refractivity contribution in [1.82, 2.24) is 5.32 Å². The van der Waals surface area contributed by atoms with Gasteiger partial charge >= 0.3 is 0 Å². The Morgan fingerprint density at radius 3 is 2.95 bits per heavy atom. The van der Waals surface area contributed by atoms with Crippen molar-refractivity contribution in [1.29, 1.82) is 0 Å². The van der Waals surface area contributed by atoms with E-state index in [1.807, 2.05) is 6.92 Å². The van der Waals surface area contributed by atoms with Crippen molar-refractivity contribution < 1.29 is 9.47 Å². The standard InChI is InChI=1S/C18H27NO2/c1-5-20-17-11-16-9-14(4)21-18(16)10-15(17)7-6-8-19-12-13(2)3/h6-7,10-11,13-14,19H,5,8-9,12H2,1-4H3. The van der Waals surface area contributed by atoms with Gasteiger partial charge in [-0.3, -0.25) is 0 Å². The quantitative estimate of drug-likeness (QED) is 0.777. The van der Waals surface area contributed by atoms with E-state index in [1.165, 1.54) is 5.56 Å². The van der Waals surface area contributed by atoms with Crippen molar-refractivity contribution in [3.63, 3.8) is 0 Å². The van der Waals surface area contributed by atoms with E-state index < -0.39 is 0 Å². The molecule has 2 rings (SSSR count). The fraction of sp³-hybridized carbons (Fsp3) is 0.556. The normalized spacial score (nSPS) is 17.3. The van der Waals surface area contributed by atoms with Crippen LogP contribution in [0, 0.1) is 5.92 Å². The molecule has 1 atom stereocenters. The summed E-state index contributed by atoms with van der Waals surface area (Å²) in [6.07, 6.45) is 5.49. The highest BCUT2D eigenvalue weighted by molar-refractivity contribution is 5.62. The summed E-state index contributed by atoms with van der Waals surface area (Å²) in [6, 6.07) is 4.23. The summed E-state index contributed by atoms with van der Waals surface area (Å²) in [5.74, 6) is 2.63. The van der Waals surface area contributed by atoms with E-state index in [2.05, 4.69) is 50.4 Å². The van der Waals surface area contributed by atoms with Crippen LogP contribution in [-0.2, 0) is 6.42 Å². The lowest BCUT2D eigenvalue weighted by Crippen LogP contribution is -2.19. The zero-order chi connectivity index (χ0) is 15.2. The monoisotopic (exact) mass is 289 g/mol. The Morgan fingerprint density at radius 1 is 1.43 bits per heavy atom. The van der Waals surface area contributed by atoms with Crippen molar-refractivity contribution in [3.8, 4) is 11.5 Å². The fourth-order valence-electron chi connectivity index (χ4n) is 2.51. The molecule has 3 nitrogen and oxygen atoms in total. The van der Waals surface area contributed by atoms with Gasteiger partial charge in [0.15, 0.2) is 0 Å². The lowest BCUT2D eigenvalue weighted by atomic mass is 10.1. The molecule has 1 N–H and O–H groups in total. The zero-order valence-corrected chi connectivity index (χ0v) is 13.6. The Kier molecular flexibility index (Phi) is 5.68. The molecule has 0 saturated carbocycles. The van der Waals surface area contributed by atoms with E-state index >= 15 is 0 Å². The first-order chi connectivity index (χ1) is 10.1. The maximum absolute atomic E-state index is 5.83. The topological polar surface area (TPSA) is 30.5 Å². The predicted molar refractivity (Wildman–Crippen MR) is 88.1 cm³/mol. The Morgan fingerprint density at radius 2 is 2.24 bits per heavy atom. The third kappa shape index (κ3) is 4.50. The highest BCUT2D eigenvalue weighted by atomic mass is 16.5. The summed E-state index contributed by atoms with van der Waals surface area (Å²) in [6.45, 7) is 11.1. The maximum atomic E-state index is 5.83. The molecule has 1 unspecified atom stereocenters. The number of ether oxygens (including phenoxy) is 2. The number of nitrogens with one attached hydrogen (secondary N) is 1. The van der Waals surface area contributed by atoms with Crippen molar-refractivity contribution >= 4 is 6.08 Å². The largest absolute Gasteiger partial charge is 0.493 e. The summed E-state index contributed by atoms with van der Waals surface area (Å²) in [7, 11) is 0. The number of benzene rings is 1. The van der Waals surface area contributed by atoms with Gasteiger partial charge in [0.1, 0.15) is 17.6 Å². The molecule has 0 radical (unpaired) electrons. The van der Waals surface area contributed by atoms with E-state index in [1.54, 1.807) is 0 Å². The van der Waals surface area contributed by atoms with Crippen LogP contribution in [0.2, 0.25) is 0 Å². The van der Waals surface area contributed by atoms with Crippen molar-refractivity contribution in [2.24, 2.45) is 5.92 Å². The third-order valence-electron chi connectivity index (χ3n) is 3.44. The third-order valence-corrected chi connectivity index (χ3v) is 3.44. The van der Waals surface area contributed by atoms with Crippen LogP contribution >= 0.6 is 0 Å². The minimum Gasteiger partial charge on any atom is -0.493 e. The van der Waals surface area contributed by atoms with E-state index in [0.717, 1.165) is 36.6 Å². The highest BCUT2D eigenvalue weighted by Gasteiger charge is 2.21. The Balaban J connectivity index is 2.07. The van der Waals surface area contributed by atoms with Crippen LogP contribution in [0.5, 0.6) is 11.5 Å². The van der Waals surface area contributed by atoms with E-state index in [0.29, 0.717) is 12.5 Å². The van der Waals surface area contributed by atoms with Crippen LogP contribution in [0.1, 0.15) is 38.8 Å². The van der Waals surface area contributed by atoms with E-state index in [-0.39, 0.29) is 6.10 Å². The predicted octanol–water partition coefficient (Wildman–Crippen LogP) is 3.67. The molecule has 1 aliphatic heterocycles.